The Morgan fingerprint density at radius 1 is 1.20 bits per heavy atom. The lowest BCUT2D eigenvalue weighted by atomic mass is 9.93. The average molecular weight is 350 g/mol. The van der Waals surface area contributed by atoms with Crippen LogP contribution in [-0.2, 0) is 9.53 Å². The van der Waals surface area contributed by atoms with E-state index in [1.807, 2.05) is 0 Å². The van der Waals surface area contributed by atoms with Gasteiger partial charge in [0.05, 0.1) is 12.6 Å². The summed E-state index contributed by atoms with van der Waals surface area (Å²) >= 11 is 0. The third kappa shape index (κ3) is 4.77. The number of aliphatic hydroxyl groups is 1. The number of carbonyl (C=O) groups is 1. The third-order valence-electron chi connectivity index (χ3n) is 5.38. The van der Waals surface area contributed by atoms with Crippen LogP contribution in [0.2, 0.25) is 0 Å². The second kappa shape index (κ2) is 8.74. The van der Waals surface area contributed by atoms with Crippen LogP contribution in [0.3, 0.4) is 0 Å². The number of carbonyl (C=O) groups excluding carboxylic acids is 1. The van der Waals surface area contributed by atoms with E-state index >= 15 is 0 Å². The van der Waals surface area contributed by atoms with Gasteiger partial charge in [-0.15, -0.1) is 0 Å². The molecule has 5 nitrogen and oxygen atoms in total. The van der Waals surface area contributed by atoms with Gasteiger partial charge in [-0.25, -0.2) is 4.39 Å². The van der Waals surface area contributed by atoms with Crippen molar-refractivity contribution in [2.45, 2.75) is 37.8 Å². The molecule has 1 aromatic rings. The molecular formula is C19H27FN2O3. The van der Waals surface area contributed by atoms with Crippen molar-refractivity contribution in [3.8, 4) is 0 Å². The summed E-state index contributed by atoms with van der Waals surface area (Å²) in [6.45, 7) is 3.34. The summed E-state index contributed by atoms with van der Waals surface area (Å²) in [5.41, 5.74) is 0.719. The van der Waals surface area contributed by atoms with Crippen LogP contribution in [0.4, 0.5) is 4.39 Å². The number of nitrogens with zero attached hydrogens (tertiary/aromatic N) is 1. The lowest BCUT2D eigenvalue weighted by Gasteiger charge is -2.39. The van der Waals surface area contributed by atoms with Gasteiger partial charge < -0.3 is 20.1 Å². The molecule has 2 aliphatic rings. The number of piperidine rings is 1. The molecular weight excluding hydrogens is 323 g/mol. The van der Waals surface area contributed by atoms with Gasteiger partial charge in [-0.2, -0.15) is 0 Å². The summed E-state index contributed by atoms with van der Waals surface area (Å²) in [5.74, 6) is -0.368. The van der Waals surface area contributed by atoms with E-state index in [1.165, 1.54) is 12.1 Å². The number of benzene rings is 1. The molecule has 2 N–H and O–H groups in total. The minimum atomic E-state index is -0.485. The van der Waals surface area contributed by atoms with E-state index in [0.717, 1.165) is 57.6 Å². The van der Waals surface area contributed by atoms with Gasteiger partial charge in [-0.1, -0.05) is 12.1 Å². The zero-order valence-corrected chi connectivity index (χ0v) is 14.5. The van der Waals surface area contributed by atoms with Crippen molar-refractivity contribution >= 4 is 5.91 Å². The van der Waals surface area contributed by atoms with Gasteiger partial charge in [-0.3, -0.25) is 4.79 Å². The zero-order valence-electron chi connectivity index (χ0n) is 14.5. The monoisotopic (exact) mass is 350 g/mol. The summed E-state index contributed by atoms with van der Waals surface area (Å²) in [6.07, 6.45) is 3.83. The van der Waals surface area contributed by atoms with Crippen LogP contribution in [0.25, 0.3) is 0 Å². The fourth-order valence-electron chi connectivity index (χ4n) is 3.80. The summed E-state index contributed by atoms with van der Waals surface area (Å²) in [4.78, 5) is 15.0. The Bertz CT molecular complexity index is 552. The summed E-state index contributed by atoms with van der Waals surface area (Å²) in [6, 6.07) is 5.99. The molecule has 0 saturated carbocycles. The van der Waals surface area contributed by atoms with Crippen LogP contribution in [0.5, 0.6) is 0 Å². The quantitative estimate of drug-likeness (QED) is 0.851. The van der Waals surface area contributed by atoms with Crippen molar-refractivity contribution in [2.75, 3.05) is 32.9 Å². The number of likely N-dealkylation sites (tertiary alicyclic amines) is 1. The standard InChI is InChI=1S/C19H27FN2O3/c20-16-3-1-14(2-4-16)18(13-23)21-19(24)15-5-9-22(10-6-15)17-7-11-25-12-8-17/h1-4,15,17-18,23H,5-13H2,(H,21,24). The predicted molar refractivity (Wildman–Crippen MR) is 92.5 cm³/mol. The number of amides is 1. The summed E-state index contributed by atoms with van der Waals surface area (Å²) < 4.78 is 18.5. The third-order valence-corrected chi connectivity index (χ3v) is 5.38. The van der Waals surface area contributed by atoms with Crippen LogP contribution in [-0.4, -0.2) is 54.9 Å². The van der Waals surface area contributed by atoms with Gasteiger partial charge in [0.25, 0.3) is 0 Å². The topological polar surface area (TPSA) is 61.8 Å². The molecule has 0 aliphatic carbocycles. The van der Waals surface area contributed by atoms with E-state index in [0.29, 0.717) is 6.04 Å². The number of hydrogen-bond donors (Lipinski definition) is 2. The molecule has 0 spiro atoms. The minimum absolute atomic E-state index is 0.0185. The van der Waals surface area contributed by atoms with E-state index in [4.69, 9.17) is 4.74 Å². The predicted octanol–water partition coefficient (Wildman–Crippen LogP) is 1.87. The highest BCUT2D eigenvalue weighted by atomic mass is 19.1. The summed E-state index contributed by atoms with van der Waals surface area (Å²) in [5, 5.41) is 12.5. The van der Waals surface area contributed by atoms with E-state index in [2.05, 4.69) is 10.2 Å². The molecule has 0 aromatic heterocycles. The van der Waals surface area contributed by atoms with Crippen molar-refractivity contribution in [1.29, 1.82) is 0 Å². The molecule has 6 heteroatoms. The largest absolute Gasteiger partial charge is 0.394 e. The Morgan fingerprint density at radius 2 is 1.84 bits per heavy atom. The van der Waals surface area contributed by atoms with Gasteiger partial charge in [0, 0.05) is 25.2 Å². The highest BCUT2D eigenvalue weighted by molar-refractivity contribution is 5.79. The first kappa shape index (κ1) is 18.3. The molecule has 2 aliphatic heterocycles. The molecule has 0 bridgehead atoms. The van der Waals surface area contributed by atoms with Crippen LogP contribution in [0, 0.1) is 11.7 Å². The van der Waals surface area contributed by atoms with E-state index in [9.17, 15) is 14.3 Å². The fourth-order valence-corrected chi connectivity index (χ4v) is 3.80. The lowest BCUT2D eigenvalue weighted by molar-refractivity contribution is -0.128. The lowest BCUT2D eigenvalue weighted by Crippen LogP contribution is -2.47. The second-order valence-electron chi connectivity index (χ2n) is 6.95. The highest BCUT2D eigenvalue weighted by Crippen LogP contribution is 2.24. The first-order valence-corrected chi connectivity index (χ1v) is 9.16. The molecule has 1 unspecified atom stereocenters. The maximum Gasteiger partial charge on any atom is 0.223 e. The number of aliphatic hydroxyl groups excluding tert-OH is 1. The van der Waals surface area contributed by atoms with Crippen LogP contribution in [0.15, 0.2) is 24.3 Å². The molecule has 2 fully saturated rings. The van der Waals surface area contributed by atoms with Crippen LogP contribution < -0.4 is 5.32 Å². The summed E-state index contributed by atoms with van der Waals surface area (Å²) in [7, 11) is 0. The number of ether oxygens (including phenoxy) is 1. The Morgan fingerprint density at radius 3 is 2.44 bits per heavy atom. The van der Waals surface area contributed by atoms with E-state index in [-0.39, 0.29) is 24.2 Å². The SMILES string of the molecule is O=C(NC(CO)c1ccc(F)cc1)C1CCN(C2CCOCC2)CC1. The number of rotatable bonds is 5. The normalized spacial score (nSPS) is 21.8. The molecule has 25 heavy (non-hydrogen) atoms. The maximum absolute atomic E-state index is 13.0. The highest BCUT2D eigenvalue weighted by Gasteiger charge is 2.30. The smallest absolute Gasteiger partial charge is 0.223 e. The first-order chi connectivity index (χ1) is 12.2. The van der Waals surface area contributed by atoms with Crippen molar-refractivity contribution in [1.82, 2.24) is 10.2 Å². The maximum atomic E-state index is 13.0. The molecule has 0 radical (unpaired) electrons. The molecule has 1 aromatic carbocycles. The first-order valence-electron chi connectivity index (χ1n) is 9.16. The number of halogens is 1. The van der Waals surface area contributed by atoms with Gasteiger partial charge >= 0.3 is 0 Å². The minimum Gasteiger partial charge on any atom is -0.394 e. The van der Waals surface area contributed by atoms with Crippen molar-refractivity contribution < 1.29 is 19.0 Å². The van der Waals surface area contributed by atoms with Gasteiger partial charge in [0.15, 0.2) is 0 Å². The molecule has 1 amide bonds. The van der Waals surface area contributed by atoms with Crippen molar-refractivity contribution in [3.63, 3.8) is 0 Å². The molecule has 2 heterocycles. The zero-order chi connectivity index (χ0) is 17.6. The van der Waals surface area contributed by atoms with Gasteiger partial charge in [-0.05, 0) is 56.5 Å². The average Bonchev–Trinajstić information content (AvgIpc) is 2.67. The Hall–Kier alpha value is -1.50. The molecule has 3 rings (SSSR count). The van der Waals surface area contributed by atoms with Crippen LogP contribution in [0.1, 0.15) is 37.3 Å². The van der Waals surface area contributed by atoms with E-state index in [1.54, 1.807) is 12.1 Å². The number of hydrogen-bond acceptors (Lipinski definition) is 4. The second-order valence-corrected chi connectivity index (χ2v) is 6.95. The Labute approximate surface area is 148 Å². The van der Waals surface area contributed by atoms with Crippen LogP contribution >= 0.6 is 0 Å². The fraction of sp³-hybridized carbons (Fsp3) is 0.632. The number of nitrogens with one attached hydrogen (secondary N) is 1. The van der Waals surface area contributed by atoms with Gasteiger partial charge in [0.1, 0.15) is 5.82 Å². The molecule has 138 valence electrons. The van der Waals surface area contributed by atoms with Crippen molar-refractivity contribution in [3.05, 3.63) is 35.6 Å². The Kier molecular flexibility index (Phi) is 6.39. The molecule has 1 atom stereocenters. The molecule has 2 saturated heterocycles. The van der Waals surface area contributed by atoms with Crippen molar-refractivity contribution in [2.24, 2.45) is 5.92 Å². The Balaban J connectivity index is 1.50. The van der Waals surface area contributed by atoms with Gasteiger partial charge in [0.2, 0.25) is 5.91 Å². The van der Waals surface area contributed by atoms with E-state index < -0.39 is 6.04 Å².